The fourth-order valence-corrected chi connectivity index (χ4v) is 10.5. The van der Waals surface area contributed by atoms with E-state index in [1.807, 2.05) is 0 Å². The largest absolute Gasteiger partial charge is 0.482 e. The molecule has 6 atom stereocenters. The molecular weight excluding hydrogens is 682 g/mol. The van der Waals surface area contributed by atoms with Gasteiger partial charge in [-0.1, -0.05) is 12.8 Å². The summed E-state index contributed by atoms with van der Waals surface area (Å²) in [6.07, 6.45) is 4.94. The van der Waals surface area contributed by atoms with E-state index in [0.717, 1.165) is 32.5 Å². The number of carboxylic acids is 4. The molecule has 3 unspecified atom stereocenters. The van der Waals surface area contributed by atoms with Crippen molar-refractivity contribution in [2.24, 2.45) is 0 Å². The first kappa shape index (κ1) is 40.9. The zero-order valence-corrected chi connectivity index (χ0v) is 30.5. The van der Waals surface area contributed by atoms with E-state index in [2.05, 4.69) is 23.0 Å². The van der Waals surface area contributed by atoms with E-state index in [-0.39, 0.29) is 50.6 Å². The number of amides is 3. The van der Waals surface area contributed by atoms with Crippen LogP contribution in [0.15, 0.2) is 0 Å². The zero-order chi connectivity index (χ0) is 38.2. The first-order valence-corrected chi connectivity index (χ1v) is 18.7. The first-order valence-electron chi connectivity index (χ1n) is 18.7. The molecule has 18 nitrogen and oxygen atoms in total. The molecule has 4 rings (SSSR count). The van der Waals surface area contributed by atoms with Gasteiger partial charge in [0.15, 0.2) is 25.4 Å². The van der Waals surface area contributed by atoms with Gasteiger partial charge in [-0.25, -0.2) is 19.2 Å². The predicted molar refractivity (Wildman–Crippen MR) is 183 cm³/mol. The monoisotopic (exact) mass is 741 g/mol. The highest BCUT2D eigenvalue weighted by Gasteiger charge is 2.98. The highest BCUT2D eigenvalue weighted by Crippen LogP contribution is 2.61. The molecule has 18 heteroatoms. The van der Waals surface area contributed by atoms with Crippen molar-refractivity contribution in [3.63, 3.8) is 0 Å². The van der Waals surface area contributed by atoms with Crippen molar-refractivity contribution in [2.45, 2.75) is 82.6 Å². The Kier molecular flexibility index (Phi) is 13.3. The maximum Gasteiger partial charge on any atom is 0.482 e. The molecular formula is C34H59N7O11+4. The molecule has 0 aromatic heterocycles. The van der Waals surface area contributed by atoms with Gasteiger partial charge in [0.05, 0.1) is 7.05 Å². The summed E-state index contributed by atoms with van der Waals surface area (Å²) in [5.41, 5.74) is 0. The Hall–Kier alpha value is -3.87. The number of nitrogens with zero attached hydrogens (tertiary/aromatic N) is 4. The third-order valence-electron chi connectivity index (χ3n) is 12.3. The van der Waals surface area contributed by atoms with Crippen LogP contribution in [-0.2, 0) is 28.8 Å². The Bertz CT molecular complexity index is 1370. The highest BCUT2D eigenvalue weighted by atomic mass is 16.4. The van der Waals surface area contributed by atoms with E-state index in [4.69, 9.17) is 5.11 Å². The predicted octanol–water partition coefficient (Wildman–Crippen LogP) is -0.468. The van der Waals surface area contributed by atoms with E-state index in [9.17, 15) is 48.9 Å². The Balaban J connectivity index is 1.15. The maximum absolute atomic E-state index is 13.6. The number of likely N-dealkylation sites (N-methyl/N-ethyl adjacent to an activating group) is 1. The van der Waals surface area contributed by atoms with Crippen molar-refractivity contribution in [3.8, 4) is 0 Å². The smallest absolute Gasteiger partial charge is 0.481 e. The average Bonchev–Trinajstić information content (AvgIpc) is 3.68. The number of aliphatic carboxylic acids is 4. The average molecular weight is 742 g/mol. The second kappa shape index (κ2) is 16.9. The number of unbranched alkanes of at least 4 members (excludes halogenated alkanes) is 4. The van der Waals surface area contributed by atoms with Gasteiger partial charge in [0.25, 0.3) is 0 Å². The lowest BCUT2D eigenvalue weighted by molar-refractivity contribution is -1.36. The van der Waals surface area contributed by atoms with Crippen LogP contribution in [0.2, 0.25) is 0 Å². The molecule has 0 aliphatic carbocycles. The normalized spacial score (nSPS) is 30.2. The molecule has 0 aromatic carbocycles. The summed E-state index contributed by atoms with van der Waals surface area (Å²) in [6.45, 7) is 6.17. The quantitative estimate of drug-likeness (QED) is 0.0494. The minimum absolute atomic E-state index is 0.0576. The minimum atomic E-state index is -1.18. The van der Waals surface area contributed by atoms with Gasteiger partial charge in [-0.15, -0.1) is 8.97 Å². The summed E-state index contributed by atoms with van der Waals surface area (Å²) in [4.78, 5) is 84.4. The zero-order valence-electron chi connectivity index (χ0n) is 30.5. The second-order valence-corrected chi connectivity index (χ2v) is 15.6. The van der Waals surface area contributed by atoms with Gasteiger partial charge in [-0.2, -0.15) is 8.97 Å². The van der Waals surface area contributed by atoms with Crippen molar-refractivity contribution >= 4 is 41.6 Å². The Morgan fingerprint density at radius 3 is 1.63 bits per heavy atom. The lowest BCUT2D eigenvalue weighted by Crippen LogP contribution is -2.85. The van der Waals surface area contributed by atoms with Gasteiger partial charge >= 0.3 is 35.8 Å². The molecule has 4 aliphatic rings. The summed E-state index contributed by atoms with van der Waals surface area (Å²) in [5.74, 6) is -4.61. The van der Waals surface area contributed by atoms with Crippen molar-refractivity contribution in [1.82, 2.24) is 16.0 Å². The van der Waals surface area contributed by atoms with Gasteiger partial charge in [0.1, 0.15) is 58.4 Å². The van der Waals surface area contributed by atoms with E-state index in [1.54, 1.807) is 0 Å². The van der Waals surface area contributed by atoms with E-state index < -0.39 is 41.9 Å². The van der Waals surface area contributed by atoms with Crippen molar-refractivity contribution in [1.29, 1.82) is 0 Å². The lowest BCUT2D eigenvalue weighted by atomic mass is 10.1. The van der Waals surface area contributed by atoms with Crippen LogP contribution in [0.25, 0.3) is 0 Å². The number of carbonyl (C=O) groups excluding carboxylic acids is 3. The van der Waals surface area contributed by atoms with Crippen LogP contribution in [0.5, 0.6) is 0 Å². The Morgan fingerprint density at radius 1 is 0.577 bits per heavy atom. The molecule has 0 radical (unpaired) electrons. The number of carboxylic acid groups (broad SMARTS) is 4. The standard InChI is InChI=1S/C34H55N7O11/c1-38-15-17-39(19-20-41(25-31(48)49)22-21-40(18-16-38,24-30(46)47)34(38,39)41)23-26(42)9-4-2-3-5-11-28(43)35-13-7-6-10-27(32(50)51)37-33(52)36-14-8-12-29(44)45/h27H,2-25H2,1H3,(H3-4,35,36,37,43,44,45,46,47,48,49,50,51,52)/p+4/t27-,34-,38?,39-,40?,41?/m0/s1. The fraction of sp³-hybridized carbons (Fsp3) is 0.794. The number of Topliss-reactive ketones (excluding diaryl/α,β-unsaturated/α-hetero) is 1. The number of hydrogen-bond donors (Lipinski definition) is 7. The van der Waals surface area contributed by atoms with Gasteiger partial charge < -0.3 is 36.4 Å². The van der Waals surface area contributed by atoms with E-state index in [0.29, 0.717) is 102 Å². The first-order chi connectivity index (χ1) is 24.6. The Labute approximate surface area is 304 Å². The summed E-state index contributed by atoms with van der Waals surface area (Å²) >= 11 is 0. The number of ketones is 1. The molecule has 4 fully saturated rings. The fourth-order valence-electron chi connectivity index (χ4n) is 10.5. The number of nitrogens with one attached hydrogen (secondary N) is 3. The summed E-state index contributed by atoms with van der Waals surface area (Å²) in [5, 5.41) is 45.7. The molecule has 4 saturated heterocycles. The van der Waals surface area contributed by atoms with Crippen LogP contribution in [-0.4, -0.2) is 184 Å². The van der Waals surface area contributed by atoms with Gasteiger partial charge in [0, 0.05) is 32.4 Å². The SMILES string of the molecule is C[N+]12CC[N+]3(CC(=O)O)CC[N+]4(CC(=O)O)CC[N@+](CC(=O)CCCCCCC(=O)NCCCC[C@H](NC(=O)NCCCC(=O)O)C(=O)O)(CC1)[C@@]234. The molecule has 0 bridgehead atoms. The Morgan fingerprint density at radius 2 is 1.10 bits per heavy atom. The molecule has 0 aromatic rings. The van der Waals surface area contributed by atoms with Gasteiger partial charge in [-0.05, 0) is 38.5 Å². The van der Waals surface area contributed by atoms with Crippen molar-refractivity contribution in [2.75, 3.05) is 92.1 Å². The third-order valence-corrected chi connectivity index (χ3v) is 12.3. The van der Waals surface area contributed by atoms with Gasteiger partial charge in [0.2, 0.25) is 5.91 Å². The van der Waals surface area contributed by atoms with Crippen molar-refractivity contribution in [3.05, 3.63) is 0 Å². The minimum Gasteiger partial charge on any atom is -0.481 e. The number of carbonyl (C=O) groups is 7. The molecule has 1 spiro atoms. The topological polar surface area (TPSA) is 236 Å². The molecule has 52 heavy (non-hydrogen) atoms. The molecule has 7 N–H and O–H groups in total. The van der Waals surface area contributed by atoms with Crippen LogP contribution < -0.4 is 16.0 Å². The highest BCUT2D eigenvalue weighted by molar-refractivity contribution is 5.82. The lowest BCUT2D eigenvalue weighted by Gasteiger charge is -2.49. The molecule has 4 aliphatic heterocycles. The van der Waals surface area contributed by atoms with Gasteiger partial charge in [-0.3, -0.25) is 14.4 Å². The summed E-state index contributed by atoms with van der Waals surface area (Å²) in [7, 11) is 2.15. The van der Waals surface area contributed by atoms with E-state index >= 15 is 0 Å². The van der Waals surface area contributed by atoms with Crippen molar-refractivity contribution < 1.29 is 71.9 Å². The molecule has 292 valence electrons. The number of rotatable bonds is 24. The summed E-state index contributed by atoms with van der Waals surface area (Å²) < 4.78 is 1.78. The third kappa shape index (κ3) is 8.19. The van der Waals surface area contributed by atoms with Crippen LogP contribution >= 0.6 is 0 Å². The summed E-state index contributed by atoms with van der Waals surface area (Å²) in [6, 6.07) is -1.78. The van der Waals surface area contributed by atoms with E-state index in [1.165, 1.54) is 0 Å². The number of hydrogen-bond acceptors (Lipinski definition) is 7. The second-order valence-electron chi connectivity index (χ2n) is 15.6. The maximum atomic E-state index is 13.6. The van der Waals surface area contributed by atoms with Crippen LogP contribution in [0.4, 0.5) is 4.79 Å². The molecule has 3 amide bonds. The number of quaternary nitrogens is 4. The molecule has 0 saturated carbocycles. The number of urea groups is 1. The van der Waals surface area contributed by atoms with Crippen LogP contribution in [0, 0.1) is 0 Å². The molecule has 4 heterocycles. The van der Waals surface area contributed by atoms with Crippen LogP contribution in [0.3, 0.4) is 0 Å². The van der Waals surface area contributed by atoms with Crippen LogP contribution in [0.1, 0.15) is 70.6 Å².